The van der Waals surface area contributed by atoms with Gasteiger partial charge in [0.2, 0.25) is 0 Å². The van der Waals surface area contributed by atoms with Gasteiger partial charge < -0.3 is 4.42 Å². The minimum Gasteiger partial charge on any atom is -0.454 e. The van der Waals surface area contributed by atoms with Gasteiger partial charge in [0.05, 0.1) is 5.56 Å². The Balaban J connectivity index is 2.00. The fraction of sp³-hybridized carbons (Fsp3) is 0.0588. The number of alkyl halides is 3. The van der Waals surface area contributed by atoms with E-state index < -0.39 is 11.7 Å². The zero-order valence-electron chi connectivity index (χ0n) is 11.6. The average molecular weight is 314 g/mol. The number of fused-ring (bicyclic) bond motifs is 2. The highest BCUT2D eigenvalue weighted by Crippen LogP contribution is 2.37. The van der Waals surface area contributed by atoms with E-state index in [2.05, 4.69) is 9.97 Å². The number of hydrogen-bond donors (Lipinski definition) is 0. The summed E-state index contributed by atoms with van der Waals surface area (Å²) in [4.78, 5) is 8.15. The van der Waals surface area contributed by atoms with E-state index in [1.165, 1.54) is 18.3 Å². The molecule has 1 aromatic carbocycles. The number of nitrogens with zero attached hydrogens (tertiary/aromatic N) is 2. The minimum absolute atomic E-state index is 0.0279. The first-order chi connectivity index (χ1) is 11.0. The van der Waals surface area contributed by atoms with E-state index in [0.717, 1.165) is 11.5 Å². The van der Waals surface area contributed by atoms with Crippen molar-refractivity contribution in [2.75, 3.05) is 0 Å². The third kappa shape index (κ3) is 2.32. The average Bonchev–Trinajstić information content (AvgIpc) is 2.97. The van der Waals surface area contributed by atoms with Gasteiger partial charge in [0, 0.05) is 17.0 Å². The fourth-order valence-corrected chi connectivity index (χ4v) is 2.53. The molecule has 3 nitrogen and oxygen atoms in total. The van der Waals surface area contributed by atoms with Crippen molar-refractivity contribution in [1.82, 2.24) is 9.97 Å². The molecule has 0 fully saturated rings. The number of para-hydroxylation sites is 1. The van der Waals surface area contributed by atoms with Crippen molar-refractivity contribution in [3.05, 3.63) is 60.3 Å². The zero-order valence-corrected chi connectivity index (χ0v) is 11.6. The second-order valence-corrected chi connectivity index (χ2v) is 5.08. The largest absolute Gasteiger partial charge is 0.454 e. The van der Waals surface area contributed by atoms with Crippen molar-refractivity contribution in [3.63, 3.8) is 0 Å². The molecular weight excluding hydrogens is 305 g/mol. The van der Waals surface area contributed by atoms with Gasteiger partial charge >= 0.3 is 6.18 Å². The summed E-state index contributed by atoms with van der Waals surface area (Å²) in [5, 5.41) is 0.777. The molecular formula is C17H9F3N2O. The molecule has 0 atom stereocenters. The minimum atomic E-state index is -4.50. The number of hydrogen-bond acceptors (Lipinski definition) is 3. The lowest BCUT2D eigenvalue weighted by Gasteiger charge is -2.10. The molecule has 4 aromatic rings. The van der Waals surface area contributed by atoms with Crippen LogP contribution in [0.15, 0.2) is 59.1 Å². The van der Waals surface area contributed by atoms with Crippen LogP contribution in [-0.4, -0.2) is 9.97 Å². The van der Waals surface area contributed by atoms with Gasteiger partial charge in [-0.1, -0.05) is 18.2 Å². The van der Waals surface area contributed by atoms with Crippen molar-refractivity contribution in [1.29, 1.82) is 0 Å². The Morgan fingerprint density at radius 2 is 1.78 bits per heavy atom. The van der Waals surface area contributed by atoms with E-state index in [0.29, 0.717) is 5.58 Å². The van der Waals surface area contributed by atoms with Crippen LogP contribution < -0.4 is 0 Å². The number of benzene rings is 1. The quantitative estimate of drug-likeness (QED) is 0.493. The van der Waals surface area contributed by atoms with Crippen molar-refractivity contribution in [3.8, 4) is 11.5 Å². The Bertz CT molecular complexity index is 988. The molecule has 114 valence electrons. The van der Waals surface area contributed by atoms with Gasteiger partial charge in [-0.3, -0.25) is 0 Å². The number of rotatable bonds is 1. The lowest BCUT2D eigenvalue weighted by atomic mass is 10.1. The molecule has 0 N–H and O–H groups in total. The molecule has 4 rings (SSSR count). The maximum atomic E-state index is 13.3. The molecule has 0 aliphatic rings. The lowest BCUT2D eigenvalue weighted by Crippen LogP contribution is -2.07. The molecule has 0 unspecified atom stereocenters. The molecule has 23 heavy (non-hydrogen) atoms. The molecule has 0 bridgehead atoms. The Hall–Kier alpha value is -2.89. The maximum absolute atomic E-state index is 13.3. The van der Waals surface area contributed by atoms with Crippen LogP contribution in [-0.2, 0) is 6.18 Å². The predicted molar refractivity (Wildman–Crippen MR) is 79.7 cm³/mol. The first-order valence-corrected chi connectivity index (χ1v) is 6.84. The van der Waals surface area contributed by atoms with E-state index in [-0.39, 0.29) is 22.5 Å². The van der Waals surface area contributed by atoms with Gasteiger partial charge in [-0.25, -0.2) is 9.97 Å². The van der Waals surface area contributed by atoms with E-state index in [1.807, 2.05) is 12.1 Å². The zero-order chi connectivity index (χ0) is 16.0. The summed E-state index contributed by atoms with van der Waals surface area (Å²) in [6.07, 6.45) is -3.08. The van der Waals surface area contributed by atoms with Gasteiger partial charge in [-0.05, 0) is 30.3 Å². The molecule has 6 heteroatoms. The maximum Gasteiger partial charge on any atom is 0.417 e. The highest BCUT2D eigenvalue weighted by molar-refractivity contribution is 5.85. The third-order valence-electron chi connectivity index (χ3n) is 3.57. The van der Waals surface area contributed by atoms with Crippen LogP contribution in [0.25, 0.3) is 33.5 Å². The number of halogens is 3. The van der Waals surface area contributed by atoms with Gasteiger partial charge in [-0.15, -0.1) is 0 Å². The van der Waals surface area contributed by atoms with Gasteiger partial charge in [0.1, 0.15) is 11.3 Å². The Labute approximate surface area is 128 Å². The molecule has 0 saturated carbocycles. The SMILES string of the molecule is FC(F)(F)c1cc(-c2cc3ccccc3o2)nc2ncccc12. The summed E-state index contributed by atoms with van der Waals surface area (Å²) in [6.45, 7) is 0. The summed E-state index contributed by atoms with van der Waals surface area (Å²) in [5.41, 5.74) is -0.0254. The van der Waals surface area contributed by atoms with Crippen LogP contribution in [0.4, 0.5) is 13.2 Å². The highest BCUT2D eigenvalue weighted by atomic mass is 19.4. The van der Waals surface area contributed by atoms with Crippen LogP contribution in [0.5, 0.6) is 0 Å². The summed E-state index contributed by atoms with van der Waals surface area (Å²) in [6, 6.07) is 12.7. The number of pyridine rings is 2. The molecule has 0 amide bonds. The van der Waals surface area contributed by atoms with E-state index >= 15 is 0 Å². The second kappa shape index (κ2) is 4.81. The van der Waals surface area contributed by atoms with Crippen LogP contribution in [0.2, 0.25) is 0 Å². The van der Waals surface area contributed by atoms with Crippen molar-refractivity contribution in [2.24, 2.45) is 0 Å². The number of furan rings is 1. The van der Waals surface area contributed by atoms with Crippen molar-refractivity contribution in [2.45, 2.75) is 6.18 Å². The van der Waals surface area contributed by atoms with Gasteiger partial charge in [0.15, 0.2) is 11.4 Å². The van der Waals surface area contributed by atoms with Crippen LogP contribution >= 0.6 is 0 Å². The first kappa shape index (κ1) is 13.8. The summed E-state index contributed by atoms with van der Waals surface area (Å²) in [7, 11) is 0. The first-order valence-electron chi connectivity index (χ1n) is 6.84. The summed E-state index contributed by atoms with van der Waals surface area (Å²) in [5.74, 6) is 0.282. The van der Waals surface area contributed by atoms with Crippen LogP contribution in [0.1, 0.15) is 5.56 Å². The molecule has 0 spiro atoms. The molecule has 0 saturated heterocycles. The molecule has 0 aliphatic carbocycles. The van der Waals surface area contributed by atoms with E-state index in [1.54, 1.807) is 18.2 Å². The van der Waals surface area contributed by atoms with E-state index in [9.17, 15) is 13.2 Å². The topological polar surface area (TPSA) is 38.9 Å². The fourth-order valence-electron chi connectivity index (χ4n) is 2.53. The number of aromatic nitrogens is 2. The summed E-state index contributed by atoms with van der Waals surface area (Å²) >= 11 is 0. The molecule has 0 aliphatic heterocycles. The third-order valence-corrected chi connectivity index (χ3v) is 3.57. The monoisotopic (exact) mass is 314 g/mol. The highest BCUT2D eigenvalue weighted by Gasteiger charge is 2.34. The molecule has 3 aromatic heterocycles. The normalized spacial score (nSPS) is 12.1. The van der Waals surface area contributed by atoms with Crippen molar-refractivity contribution < 1.29 is 17.6 Å². The van der Waals surface area contributed by atoms with Gasteiger partial charge in [-0.2, -0.15) is 13.2 Å². The smallest absolute Gasteiger partial charge is 0.417 e. The predicted octanol–water partition coefficient (Wildman–Crippen LogP) is 5.06. The van der Waals surface area contributed by atoms with Crippen LogP contribution in [0.3, 0.4) is 0 Å². The Morgan fingerprint density at radius 3 is 2.57 bits per heavy atom. The standard InChI is InChI=1S/C17H9F3N2O/c18-17(19,20)12-9-13(22-16-11(12)5-3-7-21-16)15-8-10-4-1-2-6-14(10)23-15/h1-9H. The van der Waals surface area contributed by atoms with Crippen LogP contribution in [0, 0.1) is 0 Å². The molecule has 0 radical (unpaired) electrons. The van der Waals surface area contributed by atoms with Crippen molar-refractivity contribution >= 4 is 22.0 Å². The van der Waals surface area contributed by atoms with E-state index in [4.69, 9.17) is 4.42 Å². The second-order valence-electron chi connectivity index (χ2n) is 5.08. The Morgan fingerprint density at radius 1 is 0.957 bits per heavy atom. The molecule has 3 heterocycles. The van der Waals surface area contributed by atoms with Gasteiger partial charge in [0.25, 0.3) is 0 Å². The lowest BCUT2D eigenvalue weighted by molar-refractivity contribution is -0.136. The summed E-state index contributed by atoms with van der Waals surface area (Å²) < 4.78 is 45.6. The Kier molecular flexibility index (Phi) is 2.87.